The van der Waals surface area contributed by atoms with Crippen LogP contribution in [-0.4, -0.2) is 31.2 Å². The monoisotopic (exact) mass is 231 g/mol. The van der Waals surface area contributed by atoms with E-state index in [-0.39, 0.29) is 0 Å². The van der Waals surface area contributed by atoms with Crippen molar-refractivity contribution in [3.05, 3.63) is 24.6 Å². The van der Waals surface area contributed by atoms with E-state index >= 15 is 0 Å². The first kappa shape index (κ1) is 10.6. The van der Waals surface area contributed by atoms with Gasteiger partial charge in [0.25, 0.3) is 0 Å². The van der Waals surface area contributed by atoms with E-state index in [1.165, 1.54) is 12.8 Å². The molecule has 1 saturated heterocycles. The average Bonchev–Trinajstić information content (AvgIpc) is 2.97. The number of nitrogens with zero attached hydrogens (tertiary/aromatic N) is 2. The summed E-state index contributed by atoms with van der Waals surface area (Å²) in [7, 11) is 2.09. The summed E-state index contributed by atoms with van der Waals surface area (Å²) in [4.78, 5) is 6.67. The van der Waals surface area contributed by atoms with Crippen molar-refractivity contribution in [1.29, 1.82) is 0 Å². The fourth-order valence-corrected chi connectivity index (χ4v) is 2.51. The highest BCUT2D eigenvalue weighted by atomic mass is 16.3. The maximum Gasteiger partial charge on any atom is 0.139 e. The molecule has 2 aromatic rings. The van der Waals surface area contributed by atoms with E-state index in [1.807, 2.05) is 12.1 Å². The molecule has 1 atom stereocenters. The van der Waals surface area contributed by atoms with Crippen LogP contribution in [0.4, 0.5) is 5.82 Å². The highest BCUT2D eigenvalue weighted by Crippen LogP contribution is 2.24. The molecule has 0 aromatic carbocycles. The Labute approximate surface area is 101 Å². The number of aromatic nitrogens is 1. The van der Waals surface area contributed by atoms with Crippen LogP contribution in [0.25, 0.3) is 11.0 Å². The smallest absolute Gasteiger partial charge is 0.139 e. The quantitative estimate of drug-likeness (QED) is 0.877. The van der Waals surface area contributed by atoms with Gasteiger partial charge in [-0.1, -0.05) is 0 Å². The minimum absolute atomic E-state index is 0.587. The van der Waals surface area contributed by atoms with Gasteiger partial charge >= 0.3 is 0 Å². The summed E-state index contributed by atoms with van der Waals surface area (Å²) in [6.07, 6.45) is 6.06. The van der Waals surface area contributed by atoms with Crippen molar-refractivity contribution in [2.75, 3.05) is 25.0 Å². The second kappa shape index (κ2) is 4.37. The molecule has 1 aliphatic heterocycles. The summed E-state index contributed by atoms with van der Waals surface area (Å²) < 4.78 is 5.40. The number of anilines is 1. The molecular formula is C13H17N3O. The number of hydrogen-bond acceptors (Lipinski definition) is 4. The van der Waals surface area contributed by atoms with Gasteiger partial charge in [0.05, 0.1) is 11.6 Å². The molecule has 4 nitrogen and oxygen atoms in total. The van der Waals surface area contributed by atoms with Crippen molar-refractivity contribution < 1.29 is 4.42 Å². The van der Waals surface area contributed by atoms with Crippen LogP contribution >= 0.6 is 0 Å². The molecule has 0 spiro atoms. The Morgan fingerprint density at radius 2 is 2.47 bits per heavy atom. The third-order valence-electron chi connectivity index (χ3n) is 3.38. The minimum atomic E-state index is 0.587. The fraction of sp³-hybridized carbons (Fsp3) is 0.462. The van der Waals surface area contributed by atoms with Gasteiger partial charge in [-0.25, -0.2) is 4.98 Å². The predicted molar refractivity (Wildman–Crippen MR) is 68.3 cm³/mol. The number of pyridine rings is 1. The predicted octanol–water partition coefficient (Wildman–Crippen LogP) is 2.02. The molecule has 1 unspecified atom stereocenters. The maximum atomic E-state index is 5.40. The van der Waals surface area contributed by atoms with E-state index < -0.39 is 0 Å². The molecule has 0 aliphatic carbocycles. The van der Waals surface area contributed by atoms with Gasteiger partial charge in [0.2, 0.25) is 0 Å². The third-order valence-corrected chi connectivity index (χ3v) is 3.38. The highest BCUT2D eigenvalue weighted by molar-refractivity contribution is 5.88. The second-order valence-corrected chi connectivity index (χ2v) is 4.64. The molecule has 1 N–H and O–H groups in total. The van der Waals surface area contributed by atoms with Crippen LogP contribution in [0.2, 0.25) is 0 Å². The summed E-state index contributed by atoms with van der Waals surface area (Å²) in [5.74, 6) is 1.00. The van der Waals surface area contributed by atoms with Gasteiger partial charge in [-0.05, 0) is 31.5 Å². The first-order valence-electron chi connectivity index (χ1n) is 6.11. The zero-order valence-corrected chi connectivity index (χ0v) is 10.0. The standard InChI is InChI=1S/C13H17N3O/c1-16(9-10-3-2-6-14-10)13-11-5-8-17-12(11)4-7-15-13/h4-5,7-8,10,14H,2-3,6,9H2,1H3. The van der Waals surface area contributed by atoms with Gasteiger partial charge in [0.1, 0.15) is 11.4 Å². The van der Waals surface area contributed by atoms with Crippen LogP contribution in [-0.2, 0) is 0 Å². The lowest BCUT2D eigenvalue weighted by Gasteiger charge is -2.22. The van der Waals surface area contributed by atoms with Crippen molar-refractivity contribution >= 4 is 16.8 Å². The fourth-order valence-electron chi connectivity index (χ4n) is 2.51. The van der Waals surface area contributed by atoms with Crippen molar-refractivity contribution in [1.82, 2.24) is 10.3 Å². The van der Waals surface area contributed by atoms with Gasteiger partial charge in [-0.3, -0.25) is 0 Å². The normalized spacial score (nSPS) is 19.9. The first-order valence-corrected chi connectivity index (χ1v) is 6.11. The second-order valence-electron chi connectivity index (χ2n) is 4.64. The molecule has 17 heavy (non-hydrogen) atoms. The lowest BCUT2D eigenvalue weighted by molar-refractivity contribution is 0.597. The number of hydrogen-bond donors (Lipinski definition) is 1. The van der Waals surface area contributed by atoms with Crippen LogP contribution in [0.15, 0.2) is 29.0 Å². The van der Waals surface area contributed by atoms with Gasteiger partial charge < -0.3 is 14.6 Å². The van der Waals surface area contributed by atoms with E-state index in [4.69, 9.17) is 4.42 Å². The molecule has 1 aliphatic rings. The van der Waals surface area contributed by atoms with E-state index in [1.54, 1.807) is 12.5 Å². The summed E-state index contributed by atoms with van der Waals surface area (Å²) in [6.45, 7) is 2.14. The van der Waals surface area contributed by atoms with Crippen molar-refractivity contribution in [3.8, 4) is 0 Å². The molecule has 0 saturated carbocycles. The zero-order chi connectivity index (χ0) is 11.7. The van der Waals surface area contributed by atoms with Gasteiger partial charge in [-0.15, -0.1) is 0 Å². The van der Waals surface area contributed by atoms with Crippen molar-refractivity contribution in [2.45, 2.75) is 18.9 Å². The Morgan fingerprint density at radius 1 is 1.53 bits per heavy atom. The third kappa shape index (κ3) is 2.00. The minimum Gasteiger partial charge on any atom is -0.464 e. The van der Waals surface area contributed by atoms with Gasteiger partial charge in [-0.2, -0.15) is 0 Å². The van der Waals surface area contributed by atoms with E-state index in [9.17, 15) is 0 Å². The lowest BCUT2D eigenvalue weighted by Crippen LogP contribution is -2.35. The summed E-state index contributed by atoms with van der Waals surface area (Å²) in [5.41, 5.74) is 0.904. The van der Waals surface area contributed by atoms with Crippen molar-refractivity contribution in [3.63, 3.8) is 0 Å². The summed E-state index contributed by atoms with van der Waals surface area (Å²) in [6, 6.07) is 4.47. The van der Waals surface area contributed by atoms with Crippen molar-refractivity contribution in [2.24, 2.45) is 0 Å². The number of fused-ring (bicyclic) bond motifs is 1. The SMILES string of the molecule is CN(CC1CCCN1)c1nccc2occc12. The Balaban J connectivity index is 1.84. The Kier molecular flexibility index (Phi) is 2.73. The molecule has 0 radical (unpaired) electrons. The van der Waals surface area contributed by atoms with E-state index in [2.05, 4.69) is 22.2 Å². The molecule has 3 heterocycles. The maximum absolute atomic E-state index is 5.40. The van der Waals surface area contributed by atoms with Gasteiger partial charge in [0.15, 0.2) is 0 Å². The summed E-state index contributed by atoms with van der Waals surface area (Å²) in [5, 5.41) is 4.60. The van der Waals surface area contributed by atoms with Crippen LogP contribution in [0.5, 0.6) is 0 Å². The number of nitrogens with one attached hydrogen (secondary N) is 1. The Bertz CT molecular complexity index is 502. The topological polar surface area (TPSA) is 41.3 Å². The molecule has 2 aromatic heterocycles. The molecule has 0 bridgehead atoms. The highest BCUT2D eigenvalue weighted by Gasteiger charge is 2.18. The number of likely N-dealkylation sites (N-methyl/N-ethyl adjacent to an activating group) is 1. The van der Waals surface area contributed by atoms with E-state index in [0.717, 1.165) is 29.9 Å². The molecule has 4 heteroatoms. The van der Waals surface area contributed by atoms with Crippen LogP contribution in [0.3, 0.4) is 0 Å². The van der Waals surface area contributed by atoms with Gasteiger partial charge in [0, 0.05) is 25.8 Å². The molecular weight excluding hydrogens is 214 g/mol. The van der Waals surface area contributed by atoms with Crippen LogP contribution in [0.1, 0.15) is 12.8 Å². The van der Waals surface area contributed by atoms with Crippen LogP contribution in [0, 0.1) is 0 Å². The number of rotatable bonds is 3. The first-order chi connectivity index (χ1) is 8.34. The number of furan rings is 1. The summed E-state index contributed by atoms with van der Waals surface area (Å²) >= 11 is 0. The van der Waals surface area contributed by atoms with E-state index in [0.29, 0.717) is 6.04 Å². The molecule has 3 rings (SSSR count). The molecule has 90 valence electrons. The Hall–Kier alpha value is -1.55. The molecule has 0 amide bonds. The Morgan fingerprint density at radius 3 is 3.29 bits per heavy atom. The largest absolute Gasteiger partial charge is 0.464 e. The zero-order valence-electron chi connectivity index (χ0n) is 10.0. The lowest BCUT2D eigenvalue weighted by atomic mass is 10.2. The molecule has 1 fully saturated rings. The van der Waals surface area contributed by atoms with Crippen LogP contribution < -0.4 is 10.2 Å². The average molecular weight is 231 g/mol.